The van der Waals surface area contributed by atoms with Gasteiger partial charge in [-0.1, -0.05) is 11.6 Å². The first-order valence-corrected chi connectivity index (χ1v) is 7.21. The van der Waals surface area contributed by atoms with Crippen LogP contribution in [0.25, 0.3) is 0 Å². The third-order valence-corrected chi connectivity index (χ3v) is 4.13. The van der Waals surface area contributed by atoms with Crippen LogP contribution < -0.4 is 5.32 Å². The molecule has 0 saturated carbocycles. The summed E-state index contributed by atoms with van der Waals surface area (Å²) < 4.78 is 6.29. The number of rotatable bonds is 2. The minimum absolute atomic E-state index is 0.146. The Kier molecular flexibility index (Phi) is 4.84. The van der Waals surface area contributed by atoms with Gasteiger partial charge in [0.25, 0.3) is 5.91 Å². The van der Waals surface area contributed by atoms with Crippen molar-refractivity contribution in [2.75, 3.05) is 32.1 Å². The van der Waals surface area contributed by atoms with E-state index in [1.165, 1.54) is 0 Å². The van der Waals surface area contributed by atoms with Gasteiger partial charge in [-0.15, -0.1) is 0 Å². The van der Waals surface area contributed by atoms with Gasteiger partial charge < -0.3 is 15.0 Å². The molecule has 0 bridgehead atoms. The van der Waals surface area contributed by atoms with Crippen molar-refractivity contribution in [1.29, 1.82) is 0 Å². The number of anilines is 1. The second-order valence-corrected chi connectivity index (χ2v) is 5.95. The van der Waals surface area contributed by atoms with E-state index in [1.54, 1.807) is 6.07 Å². The largest absolute Gasteiger partial charge is 0.366 e. The number of nitrogens with one attached hydrogen (secondary N) is 1. The van der Waals surface area contributed by atoms with E-state index in [2.05, 4.69) is 26.1 Å². The van der Waals surface area contributed by atoms with Gasteiger partial charge in [0.05, 0.1) is 12.3 Å². The third kappa shape index (κ3) is 3.69. The zero-order valence-electron chi connectivity index (χ0n) is 10.9. The van der Waals surface area contributed by atoms with Crippen molar-refractivity contribution in [3.05, 3.63) is 27.2 Å². The van der Waals surface area contributed by atoms with Crippen molar-refractivity contribution in [2.45, 2.75) is 13.0 Å². The van der Waals surface area contributed by atoms with E-state index in [4.69, 9.17) is 16.3 Å². The van der Waals surface area contributed by atoms with Gasteiger partial charge in [0.1, 0.15) is 6.10 Å². The van der Waals surface area contributed by atoms with E-state index in [1.807, 2.05) is 20.0 Å². The number of aryl methyl sites for hydroxylation is 1. The minimum atomic E-state index is -0.439. The number of benzene rings is 1. The van der Waals surface area contributed by atoms with E-state index in [9.17, 15) is 4.79 Å². The lowest BCUT2D eigenvalue weighted by Crippen LogP contribution is -2.46. The molecule has 1 atom stereocenters. The van der Waals surface area contributed by atoms with Crippen LogP contribution in [0.2, 0.25) is 5.02 Å². The van der Waals surface area contributed by atoms with Crippen LogP contribution in [0.5, 0.6) is 0 Å². The summed E-state index contributed by atoms with van der Waals surface area (Å²) in [6, 6.07) is 3.62. The zero-order chi connectivity index (χ0) is 14.0. The zero-order valence-corrected chi connectivity index (χ0v) is 13.2. The molecule has 4 nitrogen and oxygen atoms in total. The minimum Gasteiger partial charge on any atom is -0.366 e. The topological polar surface area (TPSA) is 41.6 Å². The molecule has 1 unspecified atom stereocenters. The average Bonchev–Trinajstić information content (AvgIpc) is 2.36. The van der Waals surface area contributed by atoms with Gasteiger partial charge in [0.15, 0.2) is 0 Å². The highest BCUT2D eigenvalue weighted by Gasteiger charge is 2.25. The molecular weight excluding hydrogens is 332 g/mol. The Morgan fingerprint density at radius 2 is 2.32 bits per heavy atom. The van der Waals surface area contributed by atoms with Crippen molar-refractivity contribution in [3.63, 3.8) is 0 Å². The molecule has 1 saturated heterocycles. The first kappa shape index (κ1) is 14.8. The molecule has 1 aromatic carbocycles. The van der Waals surface area contributed by atoms with Crippen molar-refractivity contribution < 1.29 is 9.53 Å². The van der Waals surface area contributed by atoms with Crippen LogP contribution >= 0.6 is 27.5 Å². The SMILES string of the molecule is Cc1cc(Br)c(NC(=O)C2CN(C)CCO2)cc1Cl. The van der Waals surface area contributed by atoms with Crippen molar-refractivity contribution in [1.82, 2.24) is 4.90 Å². The van der Waals surface area contributed by atoms with E-state index >= 15 is 0 Å². The Morgan fingerprint density at radius 1 is 1.58 bits per heavy atom. The van der Waals surface area contributed by atoms with Crippen LogP contribution in [0.1, 0.15) is 5.56 Å². The Morgan fingerprint density at radius 3 is 3.00 bits per heavy atom. The fourth-order valence-electron chi connectivity index (χ4n) is 1.89. The molecule has 0 aliphatic carbocycles. The van der Waals surface area contributed by atoms with Crippen LogP contribution in [0.15, 0.2) is 16.6 Å². The van der Waals surface area contributed by atoms with Crippen molar-refractivity contribution >= 4 is 39.1 Å². The Hall–Kier alpha value is -0.620. The lowest BCUT2D eigenvalue weighted by molar-refractivity contribution is -0.132. The number of likely N-dealkylation sites (N-methyl/N-ethyl adjacent to an activating group) is 1. The Bertz CT molecular complexity index is 496. The molecule has 19 heavy (non-hydrogen) atoms. The second kappa shape index (κ2) is 6.22. The number of ether oxygens (including phenoxy) is 1. The van der Waals surface area contributed by atoms with Crippen molar-refractivity contribution in [3.8, 4) is 0 Å². The summed E-state index contributed by atoms with van der Waals surface area (Å²) in [6.07, 6.45) is -0.439. The van der Waals surface area contributed by atoms with E-state index in [0.29, 0.717) is 23.9 Å². The Labute approximate surface area is 126 Å². The molecule has 104 valence electrons. The highest BCUT2D eigenvalue weighted by atomic mass is 79.9. The lowest BCUT2D eigenvalue weighted by atomic mass is 10.2. The summed E-state index contributed by atoms with van der Waals surface area (Å²) in [7, 11) is 1.97. The van der Waals surface area contributed by atoms with Gasteiger partial charge in [-0.05, 0) is 47.6 Å². The molecule has 1 amide bonds. The molecule has 1 heterocycles. The summed E-state index contributed by atoms with van der Waals surface area (Å²) in [5.41, 5.74) is 1.62. The fourth-order valence-corrected chi connectivity index (χ4v) is 2.61. The predicted molar refractivity (Wildman–Crippen MR) is 79.8 cm³/mol. The number of hydrogen-bond donors (Lipinski definition) is 1. The molecule has 1 fully saturated rings. The van der Waals surface area contributed by atoms with E-state index < -0.39 is 6.10 Å². The van der Waals surface area contributed by atoms with Crippen LogP contribution in [-0.4, -0.2) is 43.7 Å². The third-order valence-electron chi connectivity index (χ3n) is 3.07. The first-order chi connectivity index (χ1) is 8.97. The van der Waals surface area contributed by atoms with Crippen LogP contribution in [0.4, 0.5) is 5.69 Å². The number of morpholine rings is 1. The normalized spacial score (nSPS) is 20.3. The summed E-state index contributed by atoms with van der Waals surface area (Å²) >= 11 is 9.49. The molecule has 1 aliphatic rings. The number of nitrogens with zero attached hydrogens (tertiary/aromatic N) is 1. The molecule has 1 aromatic rings. The predicted octanol–water partition coefficient (Wildman–Crippen LogP) is 2.68. The smallest absolute Gasteiger partial charge is 0.254 e. The number of carbonyl (C=O) groups excluding carboxylic acids is 1. The van der Waals surface area contributed by atoms with Gasteiger partial charge >= 0.3 is 0 Å². The number of halogens is 2. The Balaban J connectivity index is 2.08. The molecule has 0 radical (unpaired) electrons. The summed E-state index contributed by atoms with van der Waals surface area (Å²) in [4.78, 5) is 14.2. The van der Waals surface area contributed by atoms with Gasteiger partial charge in [-0.3, -0.25) is 4.79 Å². The first-order valence-electron chi connectivity index (χ1n) is 6.04. The van der Waals surface area contributed by atoms with Gasteiger partial charge in [0.2, 0.25) is 0 Å². The quantitative estimate of drug-likeness (QED) is 0.894. The van der Waals surface area contributed by atoms with E-state index in [0.717, 1.165) is 16.6 Å². The fraction of sp³-hybridized carbons (Fsp3) is 0.462. The molecule has 2 rings (SSSR count). The molecule has 1 aliphatic heterocycles. The lowest BCUT2D eigenvalue weighted by Gasteiger charge is -2.29. The maximum absolute atomic E-state index is 12.1. The second-order valence-electron chi connectivity index (χ2n) is 4.69. The molecule has 0 spiro atoms. The summed E-state index contributed by atoms with van der Waals surface area (Å²) in [6.45, 7) is 3.94. The molecular formula is C13H16BrClN2O2. The number of hydrogen-bond acceptors (Lipinski definition) is 3. The van der Waals surface area contributed by atoms with Crippen molar-refractivity contribution in [2.24, 2.45) is 0 Å². The van der Waals surface area contributed by atoms with Crippen LogP contribution in [0.3, 0.4) is 0 Å². The summed E-state index contributed by atoms with van der Waals surface area (Å²) in [5, 5.41) is 3.47. The standard InChI is InChI=1S/C13H16BrClN2O2/c1-8-5-9(14)11(6-10(8)15)16-13(18)12-7-17(2)3-4-19-12/h5-6,12H,3-4,7H2,1-2H3,(H,16,18). The highest BCUT2D eigenvalue weighted by Crippen LogP contribution is 2.29. The maximum atomic E-state index is 12.1. The maximum Gasteiger partial charge on any atom is 0.254 e. The van der Waals surface area contributed by atoms with E-state index in [-0.39, 0.29) is 5.91 Å². The van der Waals surface area contributed by atoms with Gasteiger partial charge in [-0.25, -0.2) is 0 Å². The van der Waals surface area contributed by atoms with Gasteiger partial charge in [0, 0.05) is 22.6 Å². The average molecular weight is 348 g/mol. The number of amides is 1. The highest BCUT2D eigenvalue weighted by molar-refractivity contribution is 9.10. The molecule has 1 N–H and O–H groups in total. The molecule has 6 heteroatoms. The van der Waals surface area contributed by atoms with Crippen LogP contribution in [-0.2, 0) is 9.53 Å². The monoisotopic (exact) mass is 346 g/mol. The molecule has 0 aromatic heterocycles. The van der Waals surface area contributed by atoms with Gasteiger partial charge in [-0.2, -0.15) is 0 Å². The number of carbonyl (C=O) groups is 1. The summed E-state index contributed by atoms with van der Waals surface area (Å²) in [5.74, 6) is -0.146. The van der Waals surface area contributed by atoms with Crippen LogP contribution in [0, 0.1) is 6.92 Å².